The van der Waals surface area contributed by atoms with Crippen molar-refractivity contribution in [2.45, 2.75) is 44.9 Å². The van der Waals surface area contributed by atoms with Crippen LogP contribution < -0.4 is 5.32 Å². The molecule has 4 rings (SSSR count). The standard InChI is InChI=1S/C26H25ClFNO3/c1-3-12-32-26(31)23-15(2)29-21-13-17(16-8-10-18(27)11-9-16)14-22(30)25(21)24(23)19-6-4-5-7-20(19)28/h4-11,17,24,29H,3,12-14H2,1-2H3/t17-,24+/m1/s1. The van der Waals surface area contributed by atoms with Gasteiger partial charge in [0.1, 0.15) is 5.82 Å². The third kappa shape index (κ3) is 4.22. The predicted octanol–water partition coefficient (Wildman–Crippen LogP) is 5.79. The molecule has 32 heavy (non-hydrogen) atoms. The highest BCUT2D eigenvalue weighted by atomic mass is 35.5. The summed E-state index contributed by atoms with van der Waals surface area (Å²) in [5.74, 6) is -1.89. The Hall–Kier alpha value is -2.92. The zero-order valence-corrected chi connectivity index (χ0v) is 18.8. The molecule has 166 valence electrons. The lowest BCUT2D eigenvalue weighted by atomic mass is 9.71. The van der Waals surface area contributed by atoms with Crippen LogP contribution in [0.2, 0.25) is 5.02 Å². The fourth-order valence-corrected chi connectivity index (χ4v) is 4.70. The monoisotopic (exact) mass is 453 g/mol. The molecule has 1 N–H and O–H groups in total. The molecule has 0 spiro atoms. The first-order valence-electron chi connectivity index (χ1n) is 10.8. The fraction of sp³-hybridized carbons (Fsp3) is 0.308. The van der Waals surface area contributed by atoms with Gasteiger partial charge in [0.2, 0.25) is 0 Å². The van der Waals surface area contributed by atoms with Gasteiger partial charge in [0.25, 0.3) is 0 Å². The second-order valence-electron chi connectivity index (χ2n) is 8.23. The van der Waals surface area contributed by atoms with Crippen LogP contribution in [0.1, 0.15) is 56.1 Å². The lowest BCUT2D eigenvalue weighted by Gasteiger charge is -2.36. The molecule has 0 saturated heterocycles. The Kier molecular flexibility index (Phi) is 6.47. The number of nitrogens with one attached hydrogen (secondary N) is 1. The number of hydrogen-bond donors (Lipinski definition) is 1. The summed E-state index contributed by atoms with van der Waals surface area (Å²) in [7, 11) is 0. The third-order valence-electron chi connectivity index (χ3n) is 6.04. The van der Waals surface area contributed by atoms with Gasteiger partial charge in [-0.05, 0) is 49.4 Å². The van der Waals surface area contributed by atoms with E-state index < -0.39 is 17.7 Å². The summed E-state index contributed by atoms with van der Waals surface area (Å²) in [6, 6.07) is 13.8. The second kappa shape index (κ2) is 9.29. The van der Waals surface area contributed by atoms with E-state index in [0.717, 1.165) is 11.3 Å². The molecule has 0 saturated carbocycles. The van der Waals surface area contributed by atoms with Crippen LogP contribution >= 0.6 is 11.6 Å². The highest BCUT2D eigenvalue weighted by Crippen LogP contribution is 2.46. The van der Waals surface area contributed by atoms with E-state index >= 15 is 0 Å². The first-order valence-corrected chi connectivity index (χ1v) is 11.2. The highest BCUT2D eigenvalue weighted by molar-refractivity contribution is 6.30. The maximum absolute atomic E-state index is 14.9. The summed E-state index contributed by atoms with van der Waals surface area (Å²) in [6.45, 7) is 3.94. The fourth-order valence-electron chi connectivity index (χ4n) is 4.57. The average molecular weight is 454 g/mol. The van der Waals surface area contributed by atoms with Crippen LogP contribution in [0.3, 0.4) is 0 Å². The average Bonchev–Trinajstić information content (AvgIpc) is 2.77. The molecule has 0 bridgehead atoms. The maximum atomic E-state index is 14.9. The number of carbonyl (C=O) groups excluding carboxylic acids is 2. The van der Waals surface area contributed by atoms with Crippen LogP contribution in [0.5, 0.6) is 0 Å². The Morgan fingerprint density at radius 3 is 2.56 bits per heavy atom. The molecule has 0 unspecified atom stereocenters. The molecule has 0 amide bonds. The van der Waals surface area contributed by atoms with E-state index in [9.17, 15) is 14.0 Å². The van der Waals surface area contributed by atoms with Gasteiger partial charge >= 0.3 is 5.97 Å². The number of ether oxygens (including phenoxy) is 1. The van der Waals surface area contributed by atoms with Crippen LogP contribution in [0.25, 0.3) is 0 Å². The number of allylic oxidation sites excluding steroid dienone is 3. The molecule has 6 heteroatoms. The molecule has 2 aliphatic rings. The maximum Gasteiger partial charge on any atom is 0.336 e. The van der Waals surface area contributed by atoms with Crippen molar-refractivity contribution in [3.05, 3.63) is 93.0 Å². The van der Waals surface area contributed by atoms with E-state index in [0.29, 0.717) is 40.3 Å². The van der Waals surface area contributed by atoms with Gasteiger partial charge < -0.3 is 10.1 Å². The summed E-state index contributed by atoms with van der Waals surface area (Å²) >= 11 is 6.02. The van der Waals surface area contributed by atoms with Gasteiger partial charge in [0, 0.05) is 34.0 Å². The van der Waals surface area contributed by atoms with Crippen LogP contribution in [-0.4, -0.2) is 18.4 Å². The summed E-state index contributed by atoms with van der Waals surface area (Å²) in [6.07, 6.45) is 1.54. The number of rotatable bonds is 5. The SMILES string of the molecule is CCCOC(=O)C1=C(C)NC2=C(C(=O)C[C@H](c3ccc(Cl)cc3)C2)[C@H]1c1ccccc1F. The van der Waals surface area contributed by atoms with E-state index in [1.165, 1.54) is 6.07 Å². The lowest BCUT2D eigenvalue weighted by Crippen LogP contribution is -2.36. The Labute approximate surface area is 192 Å². The van der Waals surface area contributed by atoms with Gasteiger partial charge in [-0.15, -0.1) is 0 Å². The number of benzene rings is 2. The Balaban J connectivity index is 1.79. The van der Waals surface area contributed by atoms with Gasteiger partial charge in [0.05, 0.1) is 18.1 Å². The highest BCUT2D eigenvalue weighted by Gasteiger charge is 2.42. The van der Waals surface area contributed by atoms with Crippen LogP contribution in [0, 0.1) is 5.82 Å². The number of halogens is 2. The zero-order chi connectivity index (χ0) is 22.8. The zero-order valence-electron chi connectivity index (χ0n) is 18.1. The first-order chi connectivity index (χ1) is 15.4. The summed E-state index contributed by atoms with van der Waals surface area (Å²) in [4.78, 5) is 26.4. The van der Waals surface area contributed by atoms with Gasteiger partial charge in [-0.25, -0.2) is 9.18 Å². The Bertz CT molecular complexity index is 1120. The minimum Gasteiger partial charge on any atom is -0.462 e. The smallest absolute Gasteiger partial charge is 0.336 e. The van der Waals surface area contributed by atoms with Crippen molar-refractivity contribution < 1.29 is 18.7 Å². The molecule has 2 atom stereocenters. The molecule has 0 fully saturated rings. The van der Waals surface area contributed by atoms with Gasteiger partial charge in [-0.3, -0.25) is 4.79 Å². The van der Waals surface area contributed by atoms with Gasteiger partial charge in [-0.1, -0.05) is 48.9 Å². The largest absolute Gasteiger partial charge is 0.462 e. The Morgan fingerprint density at radius 2 is 1.88 bits per heavy atom. The third-order valence-corrected chi connectivity index (χ3v) is 6.29. The molecule has 0 aromatic heterocycles. The Morgan fingerprint density at radius 1 is 1.16 bits per heavy atom. The van der Waals surface area contributed by atoms with E-state index in [1.54, 1.807) is 25.1 Å². The molecule has 0 radical (unpaired) electrons. The second-order valence-corrected chi connectivity index (χ2v) is 8.66. The minimum absolute atomic E-state index is 0.0197. The number of esters is 1. The quantitative estimate of drug-likeness (QED) is 0.582. The molecular weight excluding hydrogens is 429 g/mol. The topological polar surface area (TPSA) is 55.4 Å². The van der Waals surface area contributed by atoms with Crippen molar-refractivity contribution in [3.8, 4) is 0 Å². The van der Waals surface area contributed by atoms with E-state index in [2.05, 4.69) is 5.32 Å². The van der Waals surface area contributed by atoms with Crippen molar-refractivity contribution in [3.63, 3.8) is 0 Å². The van der Waals surface area contributed by atoms with E-state index in [4.69, 9.17) is 16.3 Å². The normalized spacial score (nSPS) is 20.7. The van der Waals surface area contributed by atoms with E-state index in [-0.39, 0.29) is 24.7 Å². The van der Waals surface area contributed by atoms with Crippen LogP contribution in [0.4, 0.5) is 4.39 Å². The number of carbonyl (C=O) groups is 2. The van der Waals surface area contributed by atoms with Crippen LogP contribution in [-0.2, 0) is 14.3 Å². The van der Waals surface area contributed by atoms with Gasteiger partial charge in [-0.2, -0.15) is 0 Å². The first kappa shape index (κ1) is 22.3. The lowest BCUT2D eigenvalue weighted by molar-refractivity contribution is -0.139. The number of ketones is 1. The molecule has 4 nitrogen and oxygen atoms in total. The summed E-state index contributed by atoms with van der Waals surface area (Å²) < 4.78 is 20.3. The van der Waals surface area contributed by atoms with Crippen LogP contribution in [0.15, 0.2) is 71.1 Å². The molecular formula is C26H25ClFNO3. The van der Waals surface area contributed by atoms with Crippen molar-refractivity contribution in [2.75, 3.05) is 6.61 Å². The van der Waals surface area contributed by atoms with Crippen molar-refractivity contribution in [1.82, 2.24) is 5.32 Å². The van der Waals surface area contributed by atoms with E-state index in [1.807, 2.05) is 31.2 Å². The number of Topliss-reactive ketones (excluding diaryl/α,β-unsaturated/α-hetero) is 1. The number of hydrogen-bond acceptors (Lipinski definition) is 4. The van der Waals surface area contributed by atoms with Crippen molar-refractivity contribution in [1.29, 1.82) is 0 Å². The summed E-state index contributed by atoms with van der Waals surface area (Å²) in [5, 5.41) is 3.91. The molecule has 1 aliphatic heterocycles. The molecule has 1 heterocycles. The molecule has 2 aromatic carbocycles. The van der Waals surface area contributed by atoms with Crippen molar-refractivity contribution in [2.24, 2.45) is 0 Å². The van der Waals surface area contributed by atoms with Gasteiger partial charge in [0.15, 0.2) is 5.78 Å². The molecule has 1 aliphatic carbocycles. The molecule has 2 aromatic rings. The predicted molar refractivity (Wildman–Crippen MR) is 122 cm³/mol. The minimum atomic E-state index is -0.796. The number of dihydropyridines is 1. The van der Waals surface area contributed by atoms with Crippen molar-refractivity contribution >= 4 is 23.4 Å². The summed E-state index contributed by atoms with van der Waals surface area (Å²) in [5.41, 5.74) is 3.40.